The molecule has 8 nitrogen and oxygen atoms in total. The first-order chi connectivity index (χ1) is 25.4. The standard InChI is InChI=1S/C44H38N8.Mn/c1-49-25-9-5-13-37(49)41-29-17-19-31(45-29)42(38-14-6-10-26-50(38)2)33-21-23-35(47-33)44(40-16-8-12-28-52(40)4)36-24-22-34(48-36)43(32-20-18-30(41)46-32)39-15-7-11-27-51(39)3;/h5-28,45,48H,1-4H3;/q+4;. The molecule has 0 saturated carbocycles. The minimum atomic E-state index is 0. The zero-order valence-electron chi connectivity index (χ0n) is 29.9. The zero-order chi connectivity index (χ0) is 35.3. The molecule has 1 fully saturated rings. The minimum absolute atomic E-state index is 0. The predicted octanol–water partition coefficient (Wildman–Crippen LogP) is 4.19. The molecule has 1 saturated heterocycles. The SMILES string of the molecule is C[n+]1ccccc1[C]1[C]2[CH][CH]C(=C(c3cccc[n+]3C)C3=NC(=C(c4cccc[n+]4C)c4ccc([nH]4)[C](c4cccc[n+]4C)[C]4C=CC1=N4)C=C3)N2.[Mn]. The zero-order valence-corrected chi connectivity index (χ0v) is 31.1. The average molecular weight is 734 g/mol. The molecular weight excluding hydrogens is 695 g/mol. The summed E-state index contributed by atoms with van der Waals surface area (Å²) in [5.74, 6) is 2.02. The van der Waals surface area contributed by atoms with Gasteiger partial charge < -0.3 is 10.3 Å². The molecule has 4 aliphatic heterocycles. The Bertz CT molecular complexity index is 2430. The van der Waals surface area contributed by atoms with Gasteiger partial charge in [-0.05, 0) is 42.5 Å². The maximum absolute atomic E-state index is 5.42. The Labute approximate surface area is 321 Å². The summed E-state index contributed by atoms with van der Waals surface area (Å²) in [7, 11) is 8.31. The normalized spacial score (nSPS) is 17.7. The van der Waals surface area contributed by atoms with Gasteiger partial charge in [-0.1, -0.05) is 18.2 Å². The summed E-state index contributed by atoms with van der Waals surface area (Å²) < 4.78 is 8.59. The van der Waals surface area contributed by atoms with Gasteiger partial charge in [0.05, 0.1) is 40.0 Å². The molecular formula is C44H38MnN8+4. The maximum atomic E-state index is 5.42. The second-order valence-electron chi connectivity index (χ2n) is 13.3. The molecule has 5 aromatic rings. The predicted molar refractivity (Wildman–Crippen MR) is 199 cm³/mol. The largest absolute Gasteiger partial charge is 0.378 e. The van der Waals surface area contributed by atoms with Gasteiger partial charge in [-0.2, -0.15) is 0 Å². The van der Waals surface area contributed by atoms with Crippen LogP contribution >= 0.6 is 0 Å². The third-order valence-electron chi connectivity index (χ3n) is 10.00. The van der Waals surface area contributed by atoms with Gasteiger partial charge in [0.25, 0.3) is 0 Å². The van der Waals surface area contributed by atoms with Crippen LogP contribution in [-0.4, -0.2) is 16.4 Å². The summed E-state index contributed by atoms with van der Waals surface area (Å²) in [4.78, 5) is 14.7. The smallest absolute Gasteiger partial charge is 0.216 e. The number of fused-ring (bicyclic) bond motifs is 6. The van der Waals surface area contributed by atoms with Gasteiger partial charge in [-0.3, -0.25) is 4.99 Å². The number of aromatic nitrogens is 5. The Kier molecular flexibility index (Phi) is 9.23. The van der Waals surface area contributed by atoms with E-state index in [0.717, 1.165) is 92.0 Å². The number of nitrogens with zero attached hydrogens (tertiary/aromatic N) is 6. The van der Waals surface area contributed by atoms with Crippen molar-refractivity contribution in [3.05, 3.63) is 216 Å². The number of hydrogen-bond donors (Lipinski definition) is 2. The average Bonchev–Trinajstić information content (AvgIpc) is 3.99. The Morgan fingerprint density at radius 2 is 1.04 bits per heavy atom. The van der Waals surface area contributed by atoms with Crippen molar-refractivity contribution in [2.24, 2.45) is 38.2 Å². The molecule has 4 aliphatic rings. The first-order valence-corrected chi connectivity index (χ1v) is 17.4. The number of nitrogens with one attached hydrogen (secondary N) is 2. The fraction of sp³-hybridized carbons (Fsp3) is 0.0909. The number of aliphatic imine (C=N–C) groups is 2. The van der Waals surface area contributed by atoms with Crippen LogP contribution in [0.25, 0.3) is 11.1 Å². The summed E-state index contributed by atoms with van der Waals surface area (Å²) >= 11 is 0. The molecule has 9 rings (SSSR count). The van der Waals surface area contributed by atoms with Crippen molar-refractivity contribution in [1.82, 2.24) is 10.3 Å². The van der Waals surface area contributed by atoms with Crippen LogP contribution in [0.3, 0.4) is 0 Å². The molecule has 9 heteroatoms. The Morgan fingerprint density at radius 1 is 0.491 bits per heavy atom. The number of H-pyrrole nitrogens is 1. The second-order valence-corrected chi connectivity index (χ2v) is 13.3. The fourth-order valence-corrected chi connectivity index (χ4v) is 7.42. The molecule has 0 aliphatic carbocycles. The van der Waals surface area contributed by atoms with Gasteiger partial charge in [0.15, 0.2) is 36.2 Å². The third-order valence-corrected chi connectivity index (χ3v) is 10.00. The molecule has 53 heavy (non-hydrogen) atoms. The molecule has 5 aromatic heterocycles. The number of hydrogen-bond acceptors (Lipinski definition) is 3. The number of aromatic amines is 1. The van der Waals surface area contributed by atoms with Gasteiger partial charge in [-0.15, -0.1) is 0 Å². The molecule has 0 aromatic carbocycles. The summed E-state index contributed by atoms with van der Waals surface area (Å²) in [5.41, 5.74) is 11.7. The van der Waals surface area contributed by atoms with Crippen molar-refractivity contribution >= 4 is 22.6 Å². The second kappa shape index (κ2) is 14.1. The van der Waals surface area contributed by atoms with E-state index in [0.29, 0.717) is 0 Å². The van der Waals surface area contributed by atoms with Gasteiger partial charge >= 0.3 is 0 Å². The number of aryl methyl sites for hydroxylation is 4. The maximum Gasteiger partial charge on any atom is 0.216 e. The van der Waals surface area contributed by atoms with Gasteiger partial charge in [0.1, 0.15) is 46.1 Å². The number of allylic oxidation sites excluding steroid dienone is 5. The first kappa shape index (κ1) is 34.6. The number of rotatable bonds is 4. The van der Waals surface area contributed by atoms with E-state index in [9.17, 15) is 0 Å². The molecule has 8 bridgehead atoms. The first-order valence-electron chi connectivity index (χ1n) is 17.4. The Balaban J connectivity index is 0.00000400. The van der Waals surface area contributed by atoms with Crippen LogP contribution in [0.5, 0.6) is 0 Å². The van der Waals surface area contributed by atoms with E-state index >= 15 is 0 Å². The minimum Gasteiger partial charge on any atom is -0.378 e. The van der Waals surface area contributed by atoms with Gasteiger partial charge in [-0.25, -0.2) is 23.3 Å². The topological polar surface area (TPSA) is 68.1 Å². The van der Waals surface area contributed by atoms with Crippen molar-refractivity contribution in [2.45, 2.75) is 0 Å². The van der Waals surface area contributed by atoms with Crippen molar-refractivity contribution in [3.63, 3.8) is 0 Å². The van der Waals surface area contributed by atoms with Crippen LogP contribution in [0.4, 0.5) is 0 Å². The molecule has 0 spiro atoms. The van der Waals surface area contributed by atoms with Crippen molar-refractivity contribution in [3.8, 4) is 0 Å². The number of pyridine rings is 4. The molecule has 2 N–H and O–H groups in total. The van der Waals surface area contributed by atoms with E-state index in [4.69, 9.17) is 9.98 Å². The third kappa shape index (κ3) is 6.14. The van der Waals surface area contributed by atoms with Crippen LogP contribution in [0.15, 0.2) is 155 Å². The summed E-state index contributed by atoms with van der Waals surface area (Å²) in [6.07, 6.45) is 21.2. The van der Waals surface area contributed by atoms with Gasteiger partial charge in [0, 0.05) is 89.8 Å². The summed E-state index contributed by atoms with van der Waals surface area (Å²) in [6.45, 7) is 0. The molecule has 0 atom stereocenters. The van der Waals surface area contributed by atoms with E-state index in [2.05, 4.69) is 179 Å². The van der Waals surface area contributed by atoms with Gasteiger partial charge in [0.2, 0.25) is 11.4 Å². The molecule has 0 amide bonds. The molecule has 7 radical (unpaired) electrons. The monoisotopic (exact) mass is 733 g/mol. The fourth-order valence-electron chi connectivity index (χ4n) is 7.42. The van der Waals surface area contributed by atoms with E-state index in [1.54, 1.807) is 0 Å². The van der Waals surface area contributed by atoms with E-state index in [1.807, 2.05) is 24.3 Å². The van der Waals surface area contributed by atoms with Crippen LogP contribution in [-0.2, 0) is 45.3 Å². The van der Waals surface area contributed by atoms with E-state index < -0.39 is 0 Å². The molecule has 0 unspecified atom stereocenters. The Hall–Kier alpha value is -5.50. The Morgan fingerprint density at radius 3 is 1.66 bits per heavy atom. The summed E-state index contributed by atoms with van der Waals surface area (Å²) in [5, 5.41) is 3.84. The van der Waals surface area contributed by atoms with E-state index in [1.165, 1.54) is 0 Å². The summed E-state index contributed by atoms with van der Waals surface area (Å²) in [6, 6.07) is 31.3. The van der Waals surface area contributed by atoms with Crippen molar-refractivity contribution < 1.29 is 35.3 Å². The van der Waals surface area contributed by atoms with Crippen LogP contribution in [0.1, 0.15) is 34.2 Å². The molecule has 9 heterocycles. The van der Waals surface area contributed by atoms with Crippen LogP contribution in [0.2, 0.25) is 0 Å². The quantitative estimate of drug-likeness (QED) is 0.212. The van der Waals surface area contributed by atoms with Crippen LogP contribution in [0, 0.1) is 36.8 Å². The van der Waals surface area contributed by atoms with Crippen molar-refractivity contribution in [2.75, 3.05) is 0 Å². The van der Waals surface area contributed by atoms with Crippen LogP contribution < -0.4 is 23.6 Å². The van der Waals surface area contributed by atoms with Crippen molar-refractivity contribution in [1.29, 1.82) is 0 Å². The molecule has 257 valence electrons. The van der Waals surface area contributed by atoms with E-state index in [-0.39, 0.29) is 17.1 Å².